The first kappa shape index (κ1) is 34.8. The van der Waals surface area contributed by atoms with Crippen LogP contribution in [0.25, 0.3) is 0 Å². The van der Waals surface area contributed by atoms with Gasteiger partial charge in [-0.25, -0.2) is 0 Å². The second kappa shape index (κ2) is 15.2. The Labute approximate surface area is 245 Å². The molecule has 0 aliphatic heterocycles. The second-order valence-corrected chi connectivity index (χ2v) is 18.8. The third-order valence-electron chi connectivity index (χ3n) is 9.50. The molecular formula is C33H59NO5Si. The maximum Gasteiger partial charge on any atom is 0.308 e. The number of carbonyl (C=O) groups excluding carboxylic acids is 2. The molecule has 40 heavy (non-hydrogen) atoms. The first-order valence-corrected chi connectivity index (χ1v) is 18.7. The molecule has 0 aromatic rings. The number of esters is 1. The van der Waals surface area contributed by atoms with Crippen LogP contribution in [0.1, 0.15) is 100 Å². The molecule has 0 saturated heterocycles. The predicted octanol–water partition coefficient (Wildman–Crippen LogP) is 7.19. The monoisotopic (exact) mass is 577 g/mol. The van der Waals surface area contributed by atoms with Gasteiger partial charge in [-0.05, 0) is 80.0 Å². The molecule has 2 N–H and O–H groups in total. The molecule has 0 fully saturated rings. The van der Waals surface area contributed by atoms with E-state index in [4.69, 9.17) is 9.16 Å². The normalized spacial score (nSPS) is 27.3. The standard InChI is InChI=1S/C33H59NO5Si/c1-11-17-34-30(36)21-27(39-40(9,10)33(6,7)8)20-26(35)15-16-28-24(5)13-14-25-18-22(3)19-29(31(25)28)38-32(37)23(4)12-2/h13-14,18,22-24,26-29,31,35H,11-12,15-17,19-21H2,1-10H3,(H,34,36). The first-order chi connectivity index (χ1) is 18.6. The highest BCUT2D eigenvalue weighted by molar-refractivity contribution is 6.74. The molecule has 8 atom stereocenters. The average molecular weight is 578 g/mol. The summed E-state index contributed by atoms with van der Waals surface area (Å²) in [5, 5.41) is 14.3. The van der Waals surface area contributed by atoms with Crippen molar-refractivity contribution in [2.45, 2.75) is 137 Å². The number of hydrogen-bond donors (Lipinski definition) is 2. The number of rotatable bonds is 14. The summed E-state index contributed by atoms with van der Waals surface area (Å²) in [6.45, 7) is 22.1. The van der Waals surface area contributed by atoms with Gasteiger partial charge >= 0.3 is 5.97 Å². The van der Waals surface area contributed by atoms with Gasteiger partial charge < -0.3 is 19.6 Å². The molecule has 0 spiro atoms. The van der Waals surface area contributed by atoms with Gasteiger partial charge in [-0.15, -0.1) is 0 Å². The van der Waals surface area contributed by atoms with Crippen LogP contribution in [-0.2, 0) is 18.8 Å². The summed E-state index contributed by atoms with van der Waals surface area (Å²) in [6, 6.07) is 0. The lowest BCUT2D eigenvalue weighted by Gasteiger charge is -2.43. The van der Waals surface area contributed by atoms with Crippen molar-refractivity contribution in [2.75, 3.05) is 6.54 Å². The maximum atomic E-state index is 12.8. The molecule has 8 unspecified atom stereocenters. The van der Waals surface area contributed by atoms with Crippen molar-refractivity contribution in [3.8, 4) is 0 Å². The van der Waals surface area contributed by atoms with Gasteiger partial charge in [0.25, 0.3) is 0 Å². The van der Waals surface area contributed by atoms with Gasteiger partial charge in [0.05, 0.1) is 24.5 Å². The molecule has 0 aromatic carbocycles. The molecule has 2 aliphatic rings. The number of aliphatic hydroxyl groups is 1. The van der Waals surface area contributed by atoms with Crippen LogP contribution in [0.3, 0.4) is 0 Å². The molecule has 230 valence electrons. The number of carbonyl (C=O) groups is 2. The molecule has 1 amide bonds. The van der Waals surface area contributed by atoms with Crippen LogP contribution in [0.5, 0.6) is 0 Å². The van der Waals surface area contributed by atoms with Crippen LogP contribution < -0.4 is 5.32 Å². The zero-order valence-electron chi connectivity index (χ0n) is 27.1. The Balaban J connectivity index is 2.15. The highest BCUT2D eigenvalue weighted by Gasteiger charge is 2.42. The van der Waals surface area contributed by atoms with Crippen molar-refractivity contribution >= 4 is 20.2 Å². The minimum absolute atomic E-state index is 0.0131. The van der Waals surface area contributed by atoms with E-state index in [1.165, 1.54) is 5.57 Å². The number of aliphatic hydroxyl groups excluding tert-OH is 1. The van der Waals surface area contributed by atoms with Gasteiger partial charge in [-0.2, -0.15) is 0 Å². The van der Waals surface area contributed by atoms with E-state index in [-0.39, 0.29) is 53.3 Å². The molecule has 2 aliphatic carbocycles. The summed E-state index contributed by atoms with van der Waals surface area (Å²) < 4.78 is 12.8. The summed E-state index contributed by atoms with van der Waals surface area (Å²) >= 11 is 0. The highest BCUT2D eigenvalue weighted by Crippen LogP contribution is 2.45. The minimum Gasteiger partial charge on any atom is -0.461 e. The molecule has 0 saturated carbocycles. The fourth-order valence-corrected chi connectivity index (χ4v) is 7.14. The quantitative estimate of drug-likeness (QED) is 0.169. The minimum atomic E-state index is -2.12. The fourth-order valence-electron chi connectivity index (χ4n) is 5.77. The average Bonchev–Trinajstić information content (AvgIpc) is 2.85. The van der Waals surface area contributed by atoms with E-state index in [0.29, 0.717) is 31.2 Å². The number of ether oxygens (including phenoxy) is 1. The first-order valence-electron chi connectivity index (χ1n) is 15.8. The molecule has 7 heteroatoms. The van der Waals surface area contributed by atoms with Crippen molar-refractivity contribution in [1.82, 2.24) is 5.32 Å². The Morgan fingerprint density at radius 1 is 1.20 bits per heavy atom. The van der Waals surface area contributed by atoms with Crippen LogP contribution in [-0.4, -0.2) is 50.2 Å². The third kappa shape index (κ3) is 9.83. The van der Waals surface area contributed by atoms with Crippen LogP contribution in [0.2, 0.25) is 18.1 Å². The van der Waals surface area contributed by atoms with Crippen molar-refractivity contribution in [3.63, 3.8) is 0 Å². The van der Waals surface area contributed by atoms with Crippen molar-refractivity contribution in [2.24, 2.45) is 29.6 Å². The number of amides is 1. The number of nitrogens with one attached hydrogen (secondary N) is 1. The summed E-state index contributed by atoms with van der Waals surface area (Å²) in [5.74, 6) is 0.893. The Morgan fingerprint density at radius 3 is 2.48 bits per heavy atom. The maximum absolute atomic E-state index is 12.8. The highest BCUT2D eigenvalue weighted by atomic mass is 28.4. The summed E-state index contributed by atoms with van der Waals surface area (Å²) in [5.41, 5.74) is 1.27. The number of hydrogen-bond acceptors (Lipinski definition) is 5. The third-order valence-corrected chi connectivity index (χ3v) is 14.0. The number of fused-ring (bicyclic) bond motifs is 1. The Hall–Kier alpha value is -1.44. The van der Waals surface area contributed by atoms with Gasteiger partial charge in [0, 0.05) is 12.5 Å². The van der Waals surface area contributed by atoms with E-state index >= 15 is 0 Å². The van der Waals surface area contributed by atoms with E-state index in [1.54, 1.807) is 0 Å². The van der Waals surface area contributed by atoms with Gasteiger partial charge in [0.2, 0.25) is 5.91 Å². The fraction of sp³-hybridized carbons (Fsp3) is 0.818. The van der Waals surface area contributed by atoms with E-state index in [1.807, 2.05) is 20.8 Å². The molecule has 0 radical (unpaired) electrons. The predicted molar refractivity (Wildman–Crippen MR) is 166 cm³/mol. The van der Waals surface area contributed by atoms with E-state index in [9.17, 15) is 14.7 Å². The smallest absolute Gasteiger partial charge is 0.308 e. The van der Waals surface area contributed by atoms with Crippen molar-refractivity contribution in [3.05, 3.63) is 23.8 Å². The van der Waals surface area contributed by atoms with Gasteiger partial charge in [-0.3, -0.25) is 9.59 Å². The van der Waals surface area contributed by atoms with E-state index in [2.05, 4.69) is 71.3 Å². The van der Waals surface area contributed by atoms with Crippen molar-refractivity contribution < 1.29 is 23.9 Å². The Morgan fingerprint density at radius 2 is 1.88 bits per heavy atom. The topological polar surface area (TPSA) is 84.9 Å². The molecular weight excluding hydrogens is 518 g/mol. The van der Waals surface area contributed by atoms with Crippen LogP contribution >= 0.6 is 0 Å². The SMILES string of the molecule is CCCNC(=O)CC(CC(O)CCC1C(C)C=CC2=CC(C)CC(OC(=O)C(C)CC)C21)O[Si](C)(C)C(C)(C)C. The zero-order chi connectivity index (χ0) is 30.3. The molecule has 0 aromatic heterocycles. The lowest BCUT2D eigenvalue weighted by molar-refractivity contribution is -0.158. The summed E-state index contributed by atoms with van der Waals surface area (Å²) in [4.78, 5) is 25.4. The molecule has 2 rings (SSSR count). The van der Waals surface area contributed by atoms with Gasteiger partial charge in [0.15, 0.2) is 8.32 Å². The molecule has 0 heterocycles. The van der Waals surface area contributed by atoms with Gasteiger partial charge in [0.1, 0.15) is 6.10 Å². The lowest BCUT2D eigenvalue weighted by Crippen LogP contribution is -2.46. The van der Waals surface area contributed by atoms with E-state index < -0.39 is 14.4 Å². The molecule has 0 bridgehead atoms. The lowest BCUT2D eigenvalue weighted by atomic mass is 9.65. The number of allylic oxidation sites excluding steroid dienone is 3. The Kier molecular flexibility index (Phi) is 13.2. The second-order valence-electron chi connectivity index (χ2n) is 14.1. The molecule has 6 nitrogen and oxygen atoms in total. The van der Waals surface area contributed by atoms with Crippen LogP contribution in [0.15, 0.2) is 23.8 Å². The summed E-state index contributed by atoms with van der Waals surface area (Å²) in [6.07, 6.45) is 10.5. The van der Waals surface area contributed by atoms with Gasteiger partial charge in [-0.1, -0.05) is 73.6 Å². The van der Waals surface area contributed by atoms with E-state index in [0.717, 1.165) is 25.7 Å². The Bertz CT molecular complexity index is 892. The van der Waals surface area contributed by atoms with Crippen LogP contribution in [0, 0.1) is 29.6 Å². The van der Waals surface area contributed by atoms with Crippen molar-refractivity contribution in [1.29, 1.82) is 0 Å². The largest absolute Gasteiger partial charge is 0.461 e. The zero-order valence-corrected chi connectivity index (χ0v) is 28.1. The van der Waals surface area contributed by atoms with Crippen LogP contribution in [0.4, 0.5) is 0 Å². The summed E-state index contributed by atoms with van der Waals surface area (Å²) in [7, 11) is -2.12.